The van der Waals surface area contributed by atoms with Crippen LogP contribution < -0.4 is 9.47 Å². The van der Waals surface area contributed by atoms with Crippen LogP contribution in [0.4, 0.5) is 8.78 Å². The Labute approximate surface area is 110 Å². The van der Waals surface area contributed by atoms with E-state index in [1.54, 1.807) is 12.1 Å². The minimum Gasteiger partial charge on any atom is -0.493 e. The fourth-order valence-electron chi connectivity index (χ4n) is 2.22. The molecule has 1 N–H and O–H groups in total. The zero-order valence-electron chi connectivity index (χ0n) is 10.7. The van der Waals surface area contributed by atoms with Gasteiger partial charge >= 0.3 is 6.61 Å². The Bertz CT molecular complexity index is 428. The van der Waals surface area contributed by atoms with Gasteiger partial charge in [0.15, 0.2) is 11.5 Å². The second-order valence-electron chi connectivity index (χ2n) is 4.54. The highest BCUT2D eigenvalue weighted by atomic mass is 19.3. The molecule has 0 saturated carbocycles. The lowest BCUT2D eigenvalue weighted by Crippen LogP contribution is -2.21. The Morgan fingerprint density at radius 3 is 2.79 bits per heavy atom. The summed E-state index contributed by atoms with van der Waals surface area (Å²) in [7, 11) is 1.41. The molecule has 2 rings (SSSR count). The van der Waals surface area contributed by atoms with Gasteiger partial charge in [0.1, 0.15) is 0 Å². The van der Waals surface area contributed by atoms with Gasteiger partial charge in [0.25, 0.3) is 0 Å². The number of hydrogen-bond acceptors (Lipinski definition) is 4. The van der Waals surface area contributed by atoms with Crippen molar-refractivity contribution in [3.05, 3.63) is 23.8 Å². The molecule has 1 saturated heterocycles. The maximum absolute atomic E-state index is 12.3. The number of benzene rings is 1. The number of β-amino-alcohol motifs (C(OH)–C–C–N with tert-alkyl or cyclic N) is 1. The predicted molar refractivity (Wildman–Crippen MR) is 65.5 cm³/mol. The van der Waals surface area contributed by atoms with Crippen molar-refractivity contribution >= 4 is 0 Å². The van der Waals surface area contributed by atoms with Crippen LogP contribution in [0.25, 0.3) is 0 Å². The number of nitrogens with zero attached hydrogens (tertiary/aromatic N) is 1. The van der Waals surface area contributed by atoms with Crippen LogP contribution in [-0.2, 0) is 6.54 Å². The third-order valence-corrected chi connectivity index (χ3v) is 3.10. The van der Waals surface area contributed by atoms with E-state index in [0.717, 1.165) is 18.5 Å². The van der Waals surface area contributed by atoms with E-state index < -0.39 is 6.61 Å². The van der Waals surface area contributed by atoms with E-state index in [9.17, 15) is 13.9 Å². The third kappa shape index (κ3) is 3.78. The van der Waals surface area contributed by atoms with Gasteiger partial charge in [0.2, 0.25) is 0 Å². The summed E-state index contributed by atoms with van der Waals surface area (Å²) in [5.41, 5.74) is 0.852. The van der Waals surface area contributed by atoms with Crippen LogP contribution in [0.15, 0.2) is 18.2 Å². The molecule has 1 aliphatic heterocycles. The Kier molecular flexibility index (Phi) is 4.55. The summed E-state index contributed by atoms with van der Waals surface area (Å²) in [5, 5.41) is 9.45. The first-order chi connectivity index (χ1) is 9.08. The monoisotopic (exact) mass is 273 g/mol. The number of aliphatic hydroxyl groups excluding tert-OH is 1. The molecule has 6 heteroatoms. The standard InChI is InChI=1S/C13H17F2NO3/c1-18-11-3-2-9(6-12(11)19-13(14)15)7-16-5-4-10(17)8-16/h2-3,6,10,13,17H,4-5,7-8H2,1H3/t10-/m1/s1. The first-order valence-electron chi connectivity index (χ1n) is 6.10. The summed E-state index contributed by atoms with van der Waals surface area (Å²) in [6.45, 7) is -0.867. The summed E-state index contributed by atoms with van der Waals surface area (Å²) >= 11 is 0. The fraction of sp³-hybridized carbons (Fsp3) is 0.538. The van der Waals surface area contributed by atoms with Crippen LogP contribution in [0.5, 0.6) is 11.5 Å². The molecule has 0 amide bonds. The highest BCUT2D eigenvalue weighted by Gasteiger charge is 2.20. The largest absolute Gasteiger partial charge is 0.493 e. The number of alkyl halides is 2. The van der Waals surface area contributed by atoms with Crippen molar-refractivity contribution in [3.63, 3.8) is 0 Å². The number of aliphatic hydroxyl groups is 1. The summed E-state index contributed by atoms with van der Waals surface area (Å²) < 4.78 is 34.0. The summed E-state index contributed by atoms with van der Waals surface area (Å²) in [6.07, 6.45) is 0.450. The molecule has 1 heterocycles. The van der Waals surface area contributed by atoms with Gasteiger partial charge in [-0.15, -0.1) is 0 Å². The van der Waals surface area contributed by atoms with E-state index >= 15 is 0 Å². The maximum atomic E-state index is 12.3. The molecule has 0 aromatic heterocycles. The fourth-order valence-corrected chi connectivity index (χ4v) is 2.22. The summed E-state index contributed by atoms with van der Waals surface area (Å²) in [4.78, 5) is 2.07. The van der Waals surface area contributed by atoms with Gasteiger partial charge < -0.3 is 14.6 Å². The smallest absolute Gasteiger partial charge is 0.387 e. The average Bonchev–Trinajstić information content (AvgIpc) is 2.74. The number of halogens is 2. The molecule has 1 aliphatic rings. The van der Waals surface area contributed by atoms with Crippen molar-refractivity contribution in [3.8, 4) is 11.5 Å². The van der Waals surface area contributed by atoms with E-state index in [1.165, 1.54) is 7.11 Å². The predicted octanol–water partition coefficient (Wildman–Crippen LogP) is 1.86. The van der Waals surface area contributed by atoms with Gasteiger partial charge in [0.05, 0.1) is 13.2 Å². The van der Waals surface area contributed by atoms with Crippen LogP contribution >= 0.6 is 0 Å². The average molecular weight is 273 g/mol. The lowest BCUT2D eigenvalue weighted by Gasteiger charge is -2.16. The lowest BCUT2D eigenvalue weighted by atomic mass is 10.2. The van der Waals surface area contributed by atoms with E-state index in [0.29, 0.717) is 13.1 Å². The van der Waals surface area contributed by atoms with E-state index in [4.69, 9.17) is 4.74 Å². The molecule has 1 aromatic carbocycles. The first kappa shape index (κ1) is 14.0. The van der Waals surface area contributed by atoms with Crippen molar-refractivity contribution in [1.82, 2.24) is 4.90 Å². The van der Waals surface area contributed by atoms with Gasteiger partial charge in [-0.3, -0.25) is 4.90 Å². The summed E-state index contributed by atoms with van der Waals surface area (Å²) in [6, 6.07) is 4.97. The van der Waals surface area contributed by atoms with E-state index in [-0.39, 0.29) is 17.6 Å². The van der Waals surface area contributed by atoms with Crippen LogP contribution in [-0.4, -0.2) is 42.9 Å². The number of rotatable bonds is 5. The van der Waals surface area contributed by atoms with E-state index in [1.807, 2.05) is 6.07 Å². The molecule has 0 bridgehead atoms. The van der Waals surface area contributed by atoms with Crippen molar-refractivity contribution in [2.75, 3.05) is 20.2 Å². The molecule has 0 spiro atoms. The van der Waals surface area contributed by atoms with Crippen LogP contribution in [0.1, 0.15) is 12.0 Å². The zero-order chi connectivity index (χ0) is 13.8. The highest BCUT2D eigenvalue weighted by Crippen LogP contribution is 2.30. The van der Waals surface area contributed by atoms with Crippen molar-refractivity contribution in [2.45, 2.75) is 25.7 Å². The lowest BCUT2D eigenvalue weighted by molar-refractivity contribution is -0.0512. The Balaban J connectivity index is 2.08. The van der Waals surface area contributed by atoms with E-state index in [2.05, 4.69) is 9.64 Å². The Morgan fingerprint density at radius 2 is 2.21 bits per heavy atom. The van der Waals surface area contributed by atoms with Gasteiger partial charge in [-0.2, -0.15) is 8.78 Å². The SMILES string of the molecule is COc1ccc(CN2CC[C@@H](O)C2)cc1OC(F)F. The van der Waals surface area contributed by atoms with Gasteiger partial charge in [-0.1, -0.05) is 6.07 Å². The second kappa shape index (κ2) is 6.16. The molecule has 1 aromatic rings. The van der Waals surface area contributed by atoms with Crippen molar-refractivity contribution in [1.29, 1.82) is 0 Å². The topological polar surface area (TPSA) is 41.9 Å². The molecule has 0 aliphatic carbocycles. The van der Waals surface area contributed by atoms with Crippen molar-refractivity contribution in [2.24, 2.45) is 0 Å². The Morgan fingerprint density at radius 1 is 1.42 bits per heavy atom. The molecule has 1 fully saturated rings. The molecule has 0 unspecified atom stereocenters. The molecule has 4 nitrogen and oxygen atoms in total. The first-order valence-corrected chi connectivity index (χ1v) is 6.10. The molecular weight excluding hydrogens is 256 g/mol. The number of likely N-dealkylation sites (tertiary alicyclic amines) is 1. The van der Waals surface area contributed by atoms with Gasteiger partial charge in [-0.25, -0.2) is 0 Å². The molecule has 106 valence electrons. The third-order valence-electron chi connectivity index (χ3n) is 3.10. The summed E-state index contributed by atoms with van der Waals surface area (Å²) in [5.74, 6) is 0.320. The normalized spacial score (nSPS) is 19.9. The highest BCUT2D eigenvalue weighted by molar-refractivity contribution is 5.43. The van der Waals surface area contributed by atoms with Gasteiger partial charge in [0, 0.05) is 19.6 Å². The molecule has 1 atom stereocenters. The number of methoxy groups -OCH3 is 1. The van der Waals surface area contributed by atoms with Crippen LogP contribution in [0.3, 0.4) is 0 Å². The molecule has 0 radical (unpaired) electrons. The maximum Gasteiger partial charge on any atom is 0.387 e. The van der Waals surface area contributed by atoms with Gasteiger partial charge in [-0.05, 0) is 24.1 Å². The number of ether oxygens (including phenoxy) is 2. The molecule has 19 heavy (non-hydrogen) atoms. The van der Waals surface area contributed by atoms with Crippen molar-refractivity contribution < 1.29 is 23.4 Å². The minimum absolute atomic E-state index is 0.0368. The quantitative estimate of drug-likeness (QED) is 0.889. The van der Waals surface area contributed by atoms with Crippen LogP contribution in [0.2, 0.25) is 0 Å². The second-order valence-corrected chi connectivity index (χ2v) is 4.54. The van der Waals surface area contributed by atoms with Crippen LogP contribution in [0, 0.1) is 0 Å². The Hall–Kier alpha value is -1.40. The minimum atomic E-state index is -2.88. The molecular formula is C13H17F2NO3. The number of hydrogen-bond donors (Lipinski definition) is 1. The zero-order valence-corrected chi connectivity index (χ0v) is 10.7.